The summed E-state index contributed by atoms with van der Waals surface area (Å²) in [6, 6.07) is 7.57. The SMILES string of the molecule is CCCNC(=O)CNCc1ccc(Cl)cc1. The molecule has 0 aliphatic heterocycles. The van der Waals surface area contributed by atoms with Crippen LogP contribution in [0.1, 0.15) is 18.9 Å². The van der Waals surface area contributed by atoms with Crippen LogP contribution in [0.2, 0.25) is 5.02 Å². The quantitative estimate of drug-likeness (QED) is 0.798. The highest BCUT2D eigenvalue weighted by Gasteiger charge is 1.99. The third-order valence-corrected chi connectivity index (χ3v) is 2.35. The first-order chi connectivity index (χ1) is 7.72. The van der Waals surface area contributed by atoms with E-state index < -0.39 is 0 Å². The van der Waals surface area contributed by atoms with Gasteiger partial charge in [0.1, 0.15) is 0 Å². The highest BCUT2D eigenvalue weighted by molar-refractivity contribution is 6.30. The van der Waals surface area contributed by atoms with Crippen molar-refractivity contribution in [2.45, 2.75) is 19.9 Å². The first-order valence-electron chi connectivity index (χ1n) is 5.44. The average molecular weight is 241 g/mol. The Labute approximate surface area is 101 Å². The van der Waals surface area contributed by atoms with Gasteiger partial charge in [-0.25, -0.2) is 0 Å². The molecule has 2 N–H and O–H groups in total. The number of amides is 1. The van der Waals surface area contributed by atoms with Gasteiger partial charge >= 0.3 is 0 Å². The summed E-state index contributed by atoms with van der Waals surface area (Å²) in [4.78, 5) is 11.3. The zero-order valence-corrected chi connectivity index (χ0v) is 10.2. The van der Waals surface area contributed by atoms with Gasteiger partial charge in [-0.2, -0.15) is 0 Å². The summed E-state index contributed by atoms with van der Waals surface area (Å²) in [6.45, 7) is 3.79. The number of rotatable bonds is 6. The zero-order valence-electron chi connectivity index (χ0n) is 9.42. The molecular formula is C12H17ClN2O. The Morgan fingerprint density at radius 1 is 1.31 bits per heavy atom. The molecule has 1 amide bonds. The molecule has 0 fully saturated rings. The predicted octanol–water partition coefficient (Wildman–Crippen LogP) is 1.96. The van der Waals surface area contributed by atoms with E-state index in [1.54, 1.807) is 0 Å². The highest BCUT2D eigenvalue weighted by atomic mass is 35.5. The molecule has 1 aromatic rings. The molecule has 0 aliphatic carbocycles. The highest BCUT2D eigenvalue weighted by Crippen LogP contribution is 2.08. The third kappa shape index (κ3) is 5.14. The van der Waals surface area contributed by atoms with E-state index in [0.29, 0.717) is 13.1 Å². The first-order valence-corrected chi connectivity index (χ1v) is 5.82. The number of benzene rings is 1. The molecule has 0 bridgehead atoms. The third-order valence-electron chi connectivity index (χ3n) is 2.10. The lowest BCUT2D eigenvalue weighted by molar-refractivity contribution is -0.120. The smallest absolute Gasteiger partial charge is 0.233 e. The Hall–Kier alpha value is -1.06. The Bertz CT molecular complexity index is 324. The van der Waals surface area contributed by atoms with Gasteiger partial charge in [0, 0.05) is 18.1 Å². The molecule has 1 aromatic carbocycles. The van der Waals surface area contributed by atoms with E-state index in [1.165, 1.54) is 0 Å². The van der Waals surface area contributed by atoms with Crippen molar-refractivity contribution in [3.63, 3.8) is 0 Å². The topological polar surface area (TPSA) is 41.1 Å². The maximum atomic E-state index is 11.3. The lowest BCUT2D eigenvalue weighted by atomic mass is 10.2. The van der Waals surface area contributed by atoms with E-state index >= 15 is 0 Å². The molecule has 1 rings (SSSR count). The molecule has 0 aliphatic rings. The van der Waals surface area contributed by atoms with Crippen LogP contribution in [0, 0.1) is 0 Å². The maximum Gasteiger partial charge on any atom is 0.233 e. The van der Waals surface area contributed by atoms with Gasteiger partial charge in [0.15, 0.2) is 0 Å². The summed E-state index contributed by atoms with van der Waals surface area (Å²) in [5, 5.41) is 6.61. The van der Waals surface area contributed by atoms with Crippen LogP contribution in [0.3, 0.4) is 0 Å². The summed E-state index contributed by atoms with van der Waals surface area (Å²) in [5.41, 5.74) is 1.12. The molecule has 0 atom stereocenters. The van der Waals surface area contributed by atoms with Crippen molar-refractivity contribution in [2.24, 2.45) is 0 Å². The summed E-state index contributed by atoms with van der Waals surface area (Å²) >= 11 is 5.77. The van der Waals surface area contributed by atoms with Gasteiger partial charge in [0.05, 0.1) is 6.54 Å². The van der Waals surface area contributed by atoms with Gasteiger partial charge in [-0.05, 0) is 24.1 Å². The number of nitrogens with one attached hydrogen (secondary N) is 2. The van der Waals surface area contributed by atoms with Crippen LogP contribution in [-0.4, -0.2) is 19.0 Å². The second-order valence-corrected chi connectivity index (χ2v) is 4.02. The van der Waals surface area contributed by atoms with Crippen molar-refractivity contribution in [3.8, 4) is 0 Å². The summed E-state index contributed by atoms with van der Waals surface area (Å²) in [7, 11) is 0. The molecule has 16 heavy (non-hydrogen) atoms. The number of hydrogen-bond acceptors (Lipinski definition) is 2. The molecule has 3 nitrogen and oxygen atoms in total. The predicted molar refractivity (Wildman–Crippen MR) is 66.5 cm³/mol. The van der Waals surface area contributed by atoms with Crippen molar-refractivity contribution >= 4 is 17.5 Å². The monoisotopic (exact) mass is 240 g/mol. The molecule has 88 valence electrons. The van der Waals surface area contributed by atoms with Gasteiger partial charge in [-0.15, -0.1) is 0 Å². The van der Waals surface area contributed by atoms with Gasteiger partial charge < -0.3 is 10.6 Å². The van der Waals surface area contributed by atoms with E-state index in [2.05, 4.69) is 10.6 Å². The second-order valence-electron chi connectivity index (χ2n) is 3.58. The molecule has 0 saturated carbocycles. The zero-order chi connectivity index (χ0) is 11.8. The normalized spacial score (nSPS) is 10.1. The molecule has 0 heterocycles. The minimum absolute atomic E-state index is 0.0378. The van der Waals surface area contributed by atoms with Crippen LogP contribution < -0.4 is 10.6 Å². The molecule has 0 radical (unpaired) electrons. The molecular weight excluding hydrogens is 224 g/mol. The van der Waals surface area contributed by atoms with Crippen molar-refractivity contribution in [1.29, 1.82) is 0 Å². The molecule has 4 heteroatoms. The summed E-state index contributed by atoms with van der Waals surface area (Å²) < 4.78 is 0. The standard InChI is InChI=1S/C12H17ClN2O/c1-2-7-15-12(16)9-14-8-10-3-5-11(13)6-4-10/h3-6,14H,2,7-9H2,1H3,(H,15,16). The van der Waals surface area contributed by atoms with E-state index in [1.807, 2.05) is 31.2 Å². The van der Waals surface area contributed by atoms with E-state index in [9.17, 15) is 4.79 Å². The van der Waals surface area contributed by atoms with E-state index in [-0.39, 0.29) is 5.91 Å². The van der Waals surface area contributed by atoms with Gasteiger partial charge in [-0.1, -0.05) is 30.7 Å². The van der Waals surface area contributed by atoms with Crippen LogP contribution >= 0.6 is 11.6 Å². The van der Waals surface area contributed by atoms with Crippen molar-refractivity contribution in [1.82, 2.24) is 10.6 Å². The van der Waals surface area contributed by atoms with Crippen molar-refractivity contribution in [3.05, 3.63) is 34.9 Å². The van der Waals surface area contributed by atoms with Gasteiger partial charge in [0.2, 0.25) is 5.91 Å². The van der Waals surface area contributed by atoms with Crippen LogP contribution in [0.15, 0.2) is 24.3 Å². The fraction of sp³-hybridized carbons (Fsp3) is 0.417. The maximum absolute atomic E-state index is 11.3. The Balaban J connectivity index is 2.20. The molecule has 0 saturated heterocycles. The minimum Gasteiger partial charge on any atom is -0.355 e. The molecule has 0 aromatic heterocycles. The van der Waals surface area contributed by atoms with Crippen molar-refractivity contribution < 1.29 is 4.79 Å². The largest absolute Gasteiger partial charge is 0.355 e. The van der Waals surface area contributed by atoms with Gasteiger partial charge in [-0.3, -0.25) is 4.79 Å². The first kappa shape index (κ1) is 13.0. The molecule has 0 spiro atoms. The van der Waals surface area contributed by atoms with E-state index in [4.69, 9.17) is 11.6 Å². The van der Waals surface area contributed by atoms with Crippen LogP contribution in [0.4, 0.5) is 0 Å². The Morgan fingerprint density at radius 2 is 2.00 bits per heavy atom. The fourth-order valence-electron chi connectivity index (χ4n) is 1.25. The fourth-order valence-corrected chi connectivity index (χ4v) is 1.38. The minimum atomic E-state index is 0.0378. The number of carbonyl (C=O) groups excluding carboxylic acids is 1. The summed E-state index contributed by atoms with van der Waals surface area (Å²) in [6.07, 6.45) is 0.961. The Morgan fingerprint density at radius 3 is 2.62 bits per heavy atom. The molecule has 0 unspecified atom stereocenters. The number of halogens is 1. The number of carbonyl (C=O) groups is 1. The average Bonchev–Trinajstić information content (AvgIpc) is 2.29. The summed E-state index contributed by atoms with van der Waals surface area (Å²) in [5.74, 6) is 0.0378. The van der Waals surface area contributed by atoms with E-state index in [0.717, 1.165) is 23.6 Å². The van der Waals surface area contributed by atoms with Crippen LogP contribution in [0.25, 0.3) is 0 Å². The van der Waals surface area contributed by atoms with Crippen LogP contribution in [-0.2, 0) is 11.3 Å². The second kappa shape index (κ2) is 7.25. The lowest BCUT2D eigenvalue weighted by Crippen LogP contribution is -2.33. The van der Waals surface area contributed by atoms with Crippen molar-refractivity contribution in [2.75, 3.05) is 13.1 Å². The van der Waals surface area contributed by atoms with Gasteiger partial charge in [0.25, 0.3) is 0 Å². The Kier molecular flexibility index (Phi) is 5.90. The number of hydrogen-bond donors (Lipinski definition) is 2. The lowest BCUT2D eigenvalue weighted by Gasteiger charge is -2.05. The van der Waals surface area contributed by atoms with Crippen LogP contribution in [0.5, 0.6) is 0 Å².